The fourth-order valence-corrected chi connectivity index (χ4v) is 4.51. The van der Waals surface area contributed by atoms with Crippen LogP contribution >= 0.6 is 11.8 Å². The maximum Gasteiger partial charge on any atom is 0.251 e. The third kappa shape index (κ3) is 5.96. The van der Waals surface area contributed by atoms with Crippen molar-refractivity contribution in [1.29, 1.82) is 0 Å². The Balaban J connectivity index is 1.41. The van der Waals surface area contributed by atoms with Crippen LogP contribution in [0.2, 0.25) is 0 Å². The average Bonchev–Trinajstić information content (AvgIpc) is 3.25. The van der Waals surface area contributed by atoms with Gasteiger partial charge in [-0.1, -0.05) is 65.9 Å². The fourth-order valence-electron chi connectivity index (χ4n) is 3.75. The van der Waals surface area contributed by atoms with E-state index in [9.17, 15) is 9.59 Å². The molecule has 0 bridgehead atoms. The second-order valence-electron chi connectivity index (χ2n) is 8.20. The first-order valence-electron chi connectivity index (χ1n) is 11.3. The monoisotopic (exact) mass is 485 g/mol. The zero-order valence-electron chi connectivity index (χ0n) is 19.7. The van der Waals surface area contributed by atoms with Crippen molar-refractivity contribution in [3.8, 4) is 0 Å². The summed E-state index contributed by atoms with van der Waals surface area (Å²) < 4.78 is 1.86. The standard InChI is InChI=1S/C27H27N5O2S/c1-4-14-32-25(19(3)28-26(34)22-11-7-8-18(2)15-22)30-31-27(32)35-17-24(33)29-23-13-12-20-9-5-6-10-21(20)16-23/h4-13,15-16,19H,1,14,17H2,2-3H3,(H,28,34)(H,29,33)/t19-/m0/s1. The van der Waals surface area contributed by atoms with Gasteiger partial charge in [0.05, 0.1) is 11.8 Å². The molecule has 3 aromatic carbocycles. The molecule has 0 aliphatic rings. The van der Waals surface area contributed by atoms with Gasteiger partial charge in [-0.3, -0.25) is 9.59 Å². The molecule has 4 rings (SSSR count). The van der Waals surface area contributed by atoms with Crippen LogP contribution in [0.5, 0.6) is 0 Å². The van der Waals surface area contributed by atoms with Crippen molar-refractivity contribution in [2.75, 3.05) is 11.1 Å². The maximum atomic E-state index is 12.7. The van der Waals surface area contributed by atoms with Crippen LogP contribution in [0.1, 0.15) is 34.7 Å². The van der Waals surface area contributed by atoms with Gasteiger partial charge in [0.2, 0.25) is 5.91 Å². The third-order valence-corrected chi connectivity index (χ3v) is 6.40. The summed E-state index contributed by atoms with van der Waals surface area (Å²) in [5.74, 6) is 0.453. The summed E-state index contributed by atoms with van der Waals surface area (Å²) >= 11 is 1.29. The molecule has 1 aromatic heterocycles. The maximum absolute atomic E-state index is 12.7. The Kier molecular flexibility index (Phi) is 7.62. The summed E-state index contributed by atoms with van der Waals surface area (Å²) in [5.41, 5.74) is 2.35. The molecule has 8 heteroatoms. The third-order valence-electron chi connectivity index (χ3n) is 5.44. The van der Waals surface area contributed by atoms with Crippen LogP contribution in [-0.2, 0) is 11.3 Å². The zero-order valence-corrected chi connectivity index (χ0v) is 20.5. The second kappa shape index (κ2) is 11.0. The van der Waals surface area contributed by atoms with Gasteiger partial charge in [-0.05, 0) is 48.9 Å². The number of aromatic nitrogens is 3. The largest absolute Gasteiger partial charge is 0.342 e. The molecule has 0 unspecified atom stereocenters. The highest BCUT2D eigenvalue weighted by molar-refractivity contribution is 7.99. The minimum atomic E-state index is -0.378. The highest BCUT2D eigenvalue weighted by atomic mass is 32.2. The summed E-state index contributed by atoms with van der Waals surface area (Å²) in [6.45, 7) is 8.08. The highest BCUT2D eigenvalue weighted by Crippen LogP contribution is 2.23. The van der Waals surface area contributed by atoms with Crippen molar-refractivity contribution in [2.24, 2.45) is 0 Å². The van der Waals surface area contributed by atoms with Crippen molar-refractivity contribution in [2.45, 2.75) is 31.6 Å². The van der Waals surface area contributed by atoms with E-state index in [1.807, 2.05) is 79.1 Å². The molecule has 178 valence electrons. The number of fused-ring (bicyclic) bond motifs is 1. The normalized spacial score (nSPS) is 11.7. The molecule has 1 heterocycles. The number of amides is 2. The second-order valence-corrected chi connectivity index (χ2v) is 9.15. The van der Waals surface area contributed by atoms with Crippen LogP contribution in [0.3, 0.4) is 0 Å². The van der Waals surface area contributed by atoms with E-state index in [-0.39, 0.29) is 23.6 Å². The average molecular weight is 486 g/mol. The molecule has 0 radical (unpaired) electrons. The number of rotatable bonds is 9. The van der Waals surface area contributed by atoms with Crippen molar-refractivity contribution in [1.82, 2.24) is 20.1 Å². The van der Waals surface area contributed by atoms with Gasteiger partial charge in [0.25, 0.3) is 5.91 Å². The Labute approximate surface area is 208 Å². The smallest absolute Gasteiger partial charge is 0.251 e. The topological polar surface area (TPSA) is 88.9 Å². The van der Waals surface area contributed by atoms with E-state index < -0.39 is 0 Å². The molecule has 0 aliphatic carbocycles. The predicted octanol–water partition coefficient (Wildman–Crippen LogP) is 5.15. The lowest BCUT2D eigenvalue weighted by atomic mass is 10.1. The van der Waals surface area contributed by atoms with Crippen LogP contribution in [0.4, 0.5) is 5.69 Å². The number of benzene rings is 3. The Morgan fingerprint density at radius 2 is 1.86 bits per heavy atom. The van der Waals surface area contributed by atoms with E-state index in [1.54, 1.807) is 12.1 Å². The van der Waals surface area contributed by atoms with Crippen molar-refractivity contribution in [3.05, 3.63) is 96.3 Å². The van der Waals surface area contributed by atoms with Crippen LogP contribution in [0.25, 0.3) is 10.8 Å². The number of nitrogens with one attached hydrogen (secondary N) is 2. The molecule has 0 saturated carbocycles. The van der Waals surface area contributed by atoms with Gasteiger partial charge < -0.3 is 15.2 Å². The Hall–Kier alpha value is -3.91. The van der Waals surface area contributed by atoms with E-state index in [0.29, 0.717) is 23.1 Å². The molecule has 2 amide bonds. The number of hydrogen-bond acceptors (Lipinski definition) is 5. The SMILES string of the molecule is C=CCn1c(SCC(=O)Nc2ccc3ccccc3c2)nnc1[C@H](C)NC(=O)c1cccc(C)c1. The molecule has 0 fully saturated rings. The first kappa shape index (κ1) is 24.2. The first-order valence-corrected chi connectivity index (χ1v) is 12.3. The summed E-state index contributed by atoms with van der Waals surface area (Å²) in [4.78, 5) is 25.3. The van der Waals surface area contributed by atoms with Crippen LogP contribution in [-0.4, -0.2) is 32.3 Å². The van der Waals surface area contributed by atoms with E-state index in [0.717, 1.165) is 22.0 Å². The van der Waals surface area contributed by atoms with Gasteiger partial charge in [0, 0.05) is 17.8 Å². The first-order chi connectivity index (χ1) is 16.9. The van der Waals surface area contributed by atoms with E-state index >= 15 is 0 Å². The number of nitrogens with zero attached hydrogens (tertiary/aromatic N) is 3. The van der Waals surface area contributed by atoms with Crippen LogP contribution in [0.15, 0.2) is 84.5 Å². The molecule has 7 nitrogen and oxygen atoms in total. The van der Waals surface area contributed by atoms with Gasteiger partial charge in [-0.2, -0.15) is 0 Å². The van der Waals surface area contributed by atoms with E-state index in [4.69, 9.17) is 0 Å². The highest BCUT2D eigenvalue weighted by Gasteiger charge is 2.20. The molecular formula is C27H27N5O2S. The summed E-state index contributed by atoms with van der Waals surface area (Å²) in [6, 6.07) is 20.9. The predicted molar refractivity (Wildman–Crippen MR) is 141 cm³/mol. The van der Waals surface area contributed by atoms with Crippen LogP contribution < -0.4 is 10.6 Å². The van der Waals surface area contributed by atoms with E-state index in [1.165, 1.54) is 11.8 Å². The van der Waals surface area contributed by atoms with Gasteiger partial charge in [0.1, 0.15) is 0 Å². The van der Waals surface area contributed by atoms with Gasteiger partial charge in [0.15, 0.2) is 11.0 Å². The lowest BCUT2D eigenvalue weighted by Gasteiger charge is -2.15. The number of thioether (sulfide) groups is 1. The lowest BCUT2D eigenvalue weighted by molar-refractivity contribution is -0.113. The van der Waals surface area contributed by atoms with Gasteiger partial charge >= 0.3 is 0 Å². The molecule has 35 heavy (non-hydrogen) atoms. The minimum absolute atomic E-state index is 0.138. The molecule has 1 atom stereocenters. The fraction of sp³-hybridized carbons (Fsp3) is 0.185. The molecule has 4 aromatic rings. The van der Waals surface area contributed by atoms with E-state index in [2.05, 4.69) is 27.4 Å². The summed E-state index contributed by atoms with van der Waals surface area (Å²) in [7, 11) is 0. The number of carbonyl (C=O) groups excluding carboxylic acids is 2. The minimum Gasteiger partial charge on any atom is -0.342 e. The Bertz CT molecular complexity index is 1380. The molecule has 0 spiro atoms. The van der Waals surface area contributed by atoms with Gasteiger partial charge in [-0.25, -0.2) is 0 Å². The summed E-state index contributed by atoms with van der Waals surface area (Å²) in [5, 5.41) is 17.3. The molecule has 0 saturated heterocycles. The lowest BCUT2D eigenvalue weighted by Crippen LogP contribution is -2.28. The van der Waals surface area contributed by atoms with Crippen molar-refractivity contribution < 1.29 is 9.59 Å². The Morgan fingerprint density at radius 3 is 2.63 bits per heavy atom. The molecular weight excluding hydrogens is 458 g/mol. The number of hydrogen-bond donors (Lipinski definition) is 2. The number of carbonyl (C=O) groups is 2. The Morgan fingerprint density at radius 1 is 1.06 bits per heavy atom. The quantitative estimate of drug-likeness (QED) is 0.253. The number of allylic oxidation sites excluding steroid dienone is 1. The van der Waals surface area contributed by atoms with Crippen LogP contribution in [0, 0.1) is 6.92 Å². The van der Waals surface area contributed by atoms with Gasteiger partial charge in [-0.15, -0.1) is 16.8 Å². The number of aryl methyl sites for hydroxylation is 1. The zero-order chi connectivity index (χ0) is 24.8. The summed E-state index contributed by atoms with van der Waals surface area (Å²) in [6.07, 6.45) is 1.74. The number of anilines is 1. The molecule has 0 aliphatic heterocycles. The van der Waals surface area contributed by atoms with Crippen molar-refractivity contribution >= 4 is 40.0 Å². The van der Waals surface area contributed by atoms with Crippen molar-refractivity contribution in [3.63, 3.8) is 0 Å². The molecule has 2 N–H and O–H groups in total.